The lowest BCUT2D eigenvalue weighted by molar-refractivity contribution is -0.147. The molecule has 14 nitrogen and oxygen atoms in total. The Morgan fingerprint density at radius 3 is 1.77 bits per heavy atom. The number of carbonyl (C=O) groups excluding carboxylic acids is 3. The van der Waals surface area contributed by atoms with Gasteiger partial charge < -0.3 is 48.5 Å². The first-order valence-electron chi connectivity index (χ1n) is 12.8. The second kappa shape index (κ2) is 17.7. The fourth-order valence-corrected chi connectivity index (χ4v) is 3.68. The molecule has 3 amide bonds. The first-order chi connectivity index (χ1) is 18.5. The van der Waals surface area contributed by atoms with Crippen molar-refractivity contribution < 1.29 is 39.3 Å². The highest BCUT2D eigenvalue weighted by Crippen LogP contribution is 2.12. The Kier molecular flexibility index (Phi) is 15.1. The van der Waals surface area contributed by atoms with Crippen LogP contribution in [-0.4, -0.2) is 82.2 Å². The van der Waals surface area contributed by atoms with Crippen molar-refractivity contribution in [2.24, 2.45) is 17.2 Å². The van der Waals surface area contributed by atoms with Crippen molar-refractivity contribution in [3.63, 3.8) is 0 Å². The largest absolute Gasteiger partial charge is 0.508 e. The molecule has 0 aliphatic carbocycles. The molecule has 0 saturated heterocycles. The predicted molar refractivity (Wildman–Crippen MR) is 141 cm³/mol. The Labute approximate surface area is 226 Å². The molecular formula is C25H40N6O8. The number of aliphatic carboxylic acids is 2. The molecule has 0 fully saturated rings. The number of rotatable bonds is 19. The topological polar surface area (TPSA) is 260 Å². The van der Waals surface area contributed by atoms with Gasteiger partial charge in [-0.1, -0.05) is 18.6 Å². The maximum absolute atomic E-state index is 13.3. The van der Waals surface area contributed by atoms with Gasteiger partial charge in [0, 0.05) is 6.42 Å². The van der Waals surface area contributed by atoms with Crippen molar-refractivity contribution in [1.82, 2.24) is 16.0 Å². The molecule has 0 aliphatic rings. The Bertz CT molecular complexity index is 958. The fourth-order valence-electron chi connectivity index (χ4n) is 3.68. The summed E-state index contributed by atoms with van der Waals surface area (Å²) in [7, 11) is 0. The minimum absolute atomic E-state index is 0.00127. The van der Waals surface area contributed by atoms with E-state index >= 15 is 0 Å². The van der Waals surface area contributed by atoms with Crippen molar-refractivity contribution in [1.29, 1.82) is 0 Å². The molecule has 0 heterocycles. The second-order valence-corrected chi connectivity index (χ2v) is 9.17. The summed E-state index contributed by atoms with van der Waals surface area (Å²) in [6.45, 7) is 0.768. The molecule has 0 spiro atoms. The van der Waals surface area contributed by atoms with E-state index in [0.29, 0.717) is 50.8 Å². The summed E-state index contributed by atoms with van der Waals surface area (Å²) in [5, 5.41) is 35.1. The molecule has 0 radical (unpaired) electrons. The van der Waals surface area contributed by atoms with Crippen LogP contribution in [0.15, 0.2) is 24.3 Å². The number of hydrogen-bond acceptors (Lipinski definition) is 9. The smallest absolute Gasteiger partial charge is 0.326 e. The monoisotopic (exact) mass is 552 g/mol. The van der Waals surface area contributed by atoms with E-state index in [2.05, 4.69) is 16.0 Å². The molecule has 4 atom stereocenters. The SMILES string of the molecule is NCCCCC(N)C(=O)NC(Cc1ccc(O)cc1)C(=O)NC(CCCCN)C(=O)NC(CC(=O)O)C(=O)O. The molecule has 1 aromatic carbocycles. The van der Waals surface area contributed by atoms with E-state index < -0.39 is 60.2 Å². The number of carbonyl (C=O) groups is 5. The Balaban J connectivity index is 3.11. The lowest BCUT2D eigenvalue weighted by atomic mass is 10.0. The van der Waals surface area contributed by atoms with Gasteiger partial charge in [-0.3, -0.25) is 19.2 Å². The van der Waals surface area contributed by atoms with Gasteiger partial charge in [-0.15, -0.1) is 0 Å². The molecule has 0 saturated carbocycles. The van der Waals surface area contributed by atoms with Crippen LogP contribution in [0.1, 0.15) is 50.5 Å². The third-order valence-electron chi connectivity index (χ3n) is 5.89. The fraction of sp³-hybridized carbons (Fsp3) is 0.560. The van der Waals surface area contributed by atoms with E-state index in [1.165, 1.54) is 12.1 Å². The van der Waals surface area contributed by atoms with Gasteiger partial charge in [0.15, 0.2) is 0 Å². The number of carboxylic acid groups (broad SMARTS) is 2. The van der Waals surface area contributed by atoms with Gasteiger partial charge in [0.05, 0.1) is 12.5 Å². The highest BCUT2D eigenvalue weighted by atomic mass is 16.4. The van der Waals surface area contributed by atoms with Gasteiger partial charge in [-0.05, 0) is 62.9 Å². The van der Waals surface area contributed by atoms with E-state index in [-0.39, 0.29) is 18.6 Å². The van der Waals surface area contributed by atoms with E-state index in [1.807, 2.05) is 0 Å². The average molecular weight is 553 g/mol. The molecule has 12 N–H and O–H groups in total. The van der Waals surface area contributed by atoms with Crippen molar-refractivity contribution in [2.75, 3.05) is 13.1 Å². The minimum Gasteiger partial charge on any atom is -0.508 e. The van der Waals surface area contributed by atoms with Crippen LogP contribution in [0.5, 0.6) is 5.75 Å². The van der Waals surface area contributed by atoms with Crippen molar-refractivity contribution in [2.45, 2.75) is 75.5 Å². The molecule has 1 aromatic rings. The maximum Gasteiger partial charge on any atom is 0.326 e. The van der Waals surface area contributed by atoms with Crippen LogP contribution in [0, 0.1) is 0 Å². The number of amides is 3. The number of carboxylic acids is 2. The molecule has 218 valence electrons. The molecule has 1 rings (SSSR count). The molecular weight excluding hydrogens is 512 g/mol. The van der Waals surface area contributed by atoms with Crippen molar-refractivity contribution in [3.05, 3.63) is 29.8 Å². The summed E-state index contributed by atoms with van der Waals surface area (Å²) < 4.78 is 0. The average Bonchev–Trinajstić information content (AvgIpc) is 2.88. The third kappa shape index (κ3) is 13.0. The summed E-state index contributed by atoms with van der Waals surface area (Å²) in [6.07, 6.45) is 1.80. The second-order valence-electron chi connectivity index (χ2n) is 9.17. The molecule has 0 aromatic heterocycles. The van der Waals surface area contributed by atoms with E-state index in [4.69, 9.17) is 22.3 Å². The molecule has 0 aliphatic heterocycles. The van der Waals surface area contributed by atoms with Gasteiger partial charge in [0.25, 0.3) is 0 Å². The van der Waals surface area contributed by atoms with Crippen molar-refractivity contribution in [3.8, 4) is 5.75 Å². The number of benzene rings is 1. The first-order valence-corrected chi connectivity index (χ1v) is 12.8. The zero-order valence-electron chi connectivity index (χ0n) is 21.8. The molecule has 39 heavy (non-hydrogen) atoms. The zero-order valence-corrected chi connectivity index (χ0v) is 21.8. The summed E-state index contributed by atoms with van der Waals surface area (Å²) in [4.78, 5) is 61.4. The van der Waals surface area contributed by atoms with Gasteiger partial charge in [-0.2, -0.15) is 0 Å². The van der Waals surface area contributed by atoms with Gasteiger partial charge in [0.2, 0.25) is 17.7 Å². The summed E-state index contributed by atoms with van der Waals surface area (Å²) >= 11 is 0. The number of aromatic hydroxyl groups is 1. The van der Waals surface area contributed by atoms with Crippen LogP contribution in [0.4, 0.5) is 0 Å². The van der Waals surface area contributed by atoms with Crippen LogP contribution in [-0.2, 0) is 30.4 Å². The van der Waals surface area contributed by atoms with Crippen molar-refractivity contribution >= 4 is 29.7 Å². The standard InChI is InChI=1S/C25H40N6O8/c26-11-3-1-5-17(28)22(35)30-19(13-15-7-9-16(32)10-8-15)24(37)29-18(6-2-4-12-27)23(36)31-20(25(38)39)14-21(33)34/h7-10,17-20,32H,1-6,11-14,26-28H2,(H,29,37)(H,30,35)(H,31,36)(H,33,34)(H,38,39). The predicted octanol–water partition coefficient (Wildman–Crippen LogP) is -1.47. The van der Waals surface area contributed by atoms with Crippen LogP contribution >= 0.6 is 0 Å². The number of nitrogens with two attached hydrogens (primary N) is 3. The number of unbranched alkanes of at least 4 members (excludes halogenated alkanes) is 2. The first kappa shape index (κ1) is 33.3. The van der Waals surface area contributed by atoms with Gasteiger partial charge in [-0.25, -0.2) is 4.79 Å². The highest BCUT2D eigenvalue weighted by Gasteiger charge is 2.31. The zero-order chi connectivity index (χ0) is 29.4. The van der Waals surface area contributed by atoms with Crippen LogP contribution in [0.25, 0.3) is 0 Å². The minimum atomic E-state index is -1.71. The summed E-state index contributed by atoms with van der Waals surface area (Å²) in [6, 6.07) is 0.976. The normalized spacial score (nSPS) is 13.9. The number of phenols is 1. The Morgan fingerprint density at radius 1 is 0.718 bits per heavy atom. The summed E-state index contributed by atoms with van der Waals surface area (Å²) in [5.41, 5.74) is 17.6. The summed E-state index contributed by atoms with van der Waals surface area (Å²) in [5.74, 6) is -5.16. The molecule has 14 heteroatoms. The van der Waals surface area contributed by atoms with Gasteiger partial charge >= 0.3 is 11.9 Å². The lowest BCUT2D eigenvalue weighted by Crippen LogP contribution is -2.57. The quantitative estimate of drug-likeness (QED) is 0.0895. The number of nitrogens with one attached hydrogen (secondary N) is 3. The highest BCUT2D eigenvalue weighted by molar-refractivity contribution is 5.94. The van der Waals surface area contributed by atoms with Gasteiger partial charge in [0.1, 0.15) is 23.9 Å². The van der Waals surface area contributed by atoms with E-state index in [0.717, 1.165) is 0 Å². The Hall–Kier alpha value is -3.75. The number of hydrogen-bond donors (Lipinski definition) is 9. The van der Waals surface area contributed by atoms with Crippen LogP contribution < -0.4 is 33.2 Å². The lowest BCUT2D eigenvalue weighted by Gasteiger charge is -2.25. The van der Waals surface area contributed by atoms with Crippen LogP contribution in [0.3, 0.4) is 0 Å². The molecule has 4 unspecified atom stereocenters. The Morgan fingerprint density at radius 2 is 1.23 bits per heavy atom. The molecule has 0 bridgehead atoms. The van der Waals surface area contributed by atoms with Crippen LogP contribution in [0.2, 0.25) is 0 Å². The van der Waals surface area contributed by atoms with E-state index in [9.17, 15) is 34.2 Å². The van der Waals surface area contributed by atoms with E-state index in [1.54, 1.807) is 12.1 Å². The third-order valence-corrected chi connectivity index (χ3v) is 5.89. The maximum atomic E-state index is 13.3. The number of phenolic OH excluding ortho intramolecular Hbond substituents is 1.